The molecular formula is C33H47N5S. The number of nitrogens with two attached hydrogens (primary N) is 2. The molecule has 1 aliphatic rings. The summed E-state index contributed by atoms with van der Waals surface area (Å²) in [5, 5.41) is 10.2. The van der Waals surface area contributed by atoms with Crippen molar-refractivity contribution in [1.29, 1.82) is 0 Å². The van der Waals surface area contributed by atoms with Crippen molar-refractivity contribution in [3.8, 4) is 11.1 Å². The fourth-order valence-electron chi connectivity index (χ4n) is 3.30. The molecule has 0 unspecified atom stereocenters. The van der Waals surface area contributed by atoms with Crippen LogP contribution in [0.3, 0.4) is 0 Å². The minimum absolute atomic E-state index is 0.812. The van der Waals surface area contributed by atoms with E-state index in [1.54, 1.807) is 11.8 Å². The molecular weight excluding hydrogens is 498 g/mol. The summed E-state index contributed by atoms with van der Waals surface area (Å²) >= 11 is 1.61. The minimum atomic E-state index is 0.812. The van der Waals surface area contributed by atoms with E-state index in [0.29, 0.717) is 0 Å². The van der Waals surface area contributed by atoms with Crippen LogP contribution in [-0.4, -0.2) is 19.8 Å². The highest BCUT2D eigenvalue weighted by Crippen LogP contribution is 2.25. The number of hydrogen-bond donors (Lipinski definition) is 5. The molecule has 0 saturated heterocycles. The number of likely N-dealkylation sites (N-methyl/N-ethyl adjacent to an activating group) is 1. The van der Waals surface area contributed by atoms with Crippen molar-refractivity contribution in [2.24, 2.45) is 5.73 Å². The Kier molecular flexibility index (Phi) is 17.5. The molecule has 4 rings (SSSR count). The van der Waals surface area contributed by atoms with Crippen LogP contribution in [0, 0.1) is 6.92 Å². The van der Waals surface area contributed by atoms with E-state index in [9.17, 15) is 0 Å². The molecule has 0 aliphatic carbocycles. The zero-order chi connectivity index (χ0) is 28.9. The van der Waals surface area contributed by atoms with Crippen LogP contribution in [0.4, 0.5) is 5.69 Å². The lowest BCUT2D eigenvalue weighted by molar-refractivity contribution is 0.782. The smallest absolute Gasteiger partial charge is 0.0843 e. The lowest BCUT2D eigenvalue weighted by Crippen LogP contribution is -2.17. The van der Waals surface area contributed by atoms with Crippen LogP contribution in [0.25, 0.3) is 11.1 Å². The number of anilines is 1. The third-order valence-corrected chi connectivity index (χ3v) is 6.38. The second-order valence-corrected chi connectivity index (χ2v) is 9.52. The van der Waals surface area contributed by atoms with Crippen LogP contribution in [0.5, 0.6) is 0 Å². The summed E-state index contributed by atoms with van der Waals surface area (Å²) in [6.45, 7) is 14.8. The minimum Gasteiger partial charge on any atom is -0.399 e. The quantitative estimate of drug-likeness (QED) is 0.121. The largest absolute Gasteiger partial charge is 0.399 e. The number of aryl methyl sites for hydroxylation is 1. The van der Waals surface area contributed by atoms with Gasteiger partial charge in [-0.1, -0.05) is 99.3 Å². The number of nitrogen functional groups attached to an aromatic ring is 1. The zero-order valence-electron chi connectivity index (χ0n) is 24.4. The molecule has 210 valence electrons. The first-order valence-corrected chi connectivity index (χ1v) is 14.4. The van der Waals surface area contributed by atoms with Crippen molar-refractivity contribution in [2.45, 2.75) is 46.4 Å². The lowest BCUT2D eigenvalue weighted by Gasteiger charge is -2.08. The Morgan fingerprint density at radius 1 is 0.949 bits per heavy atom. The summed E-state index contributed by atoms with van der Waals surface area (Å²) in [5.41, 5.74) is 18.7. The van der Waals surface area contributed by atoms with Gasteiger partial charge in [-0.05, 0) is 73.8 Å². The molecule has 39 heavy (non-hydrogen) atoms. The Balaban J connectivity index is 0.000000308. The van der Waals surface area contributed by atoms with Gasteiger partial charge in [0.15, 0.2) is 0 Å². The van der Waals surface area contributed by atoms with E-state index >= 15 is 0 Å². The van der Waals surface area contributed by atoms with Crippen molar-refractivity contribution >= 4 is 17.4 Å². The fraction of sp³-hybridized carbons (Fsp3) is 0.273. The van der Waals surface area contributed by atoms with Crippen LogP contribution in [0.2, 0.25) is 0 Å². The number of nitrogens with one attached hydrogen (secondary N) is 3. The van der Waals surface area contributed by atoms with E-state index in [1.165, 1.54) is 21.7 Å². The number of benzene rings is 3. The highest BCUT2D eigenvalue weighted by molar-refractivity contribution is 8.03. The van der Waals surface area contributed by atoms with Gasteiger partial charge in [0.2, 0.25) is 0 Å². The lowest BCUT2D eigenvalue weighted by atomic mass is 10.0. The van der Waals surface area contributed by atoms with Gasteiger partial charge in [0.05, 0.1) is 11.7 Å². The second kappa shape index (κ2) is 20.4. The molecule has 0 aromatic heterocycles. The average Bonchev–Trinajstić information content (AvgIpc) is 3.46. The molecule has 6 heteroatoms. The summed E-state index contributed by atoms with van der Waals surface area (Å²) in [4.78, 5) is 1.17. The molecule has 0 atom stereocenters. The topological polar surface area (TPSA) is 88.1 Å². The van der Waals surface area contributed by atoms with E-state index in [2.05, 4.69) is 65.3 Å². The van der Waals surface area contributed by atoms with Gasteiger partial charge in [-0.15, -0.1) is 0 Å². The van der Waals surface area contributed by atoms with Gasteiger partial charge in [-0.2, -0.15) is 0 Å². The summed E-state index contributed by atoms with van der Waals surface area (Å²) < 4.78 is 0. The number of rotatable bonds is 7. The molecule has 5 nitrogen and oxygen atoms in total. The first-order chi connectivity index (χ1) is 18.9. The van der Waals surface area contributed by atoms with Crippen LogP contribution in [-0.2, 0) is 0 Å². The maximum absolute atomic E-state index is 6.13. The van der Waals surface area contributed by atoms with Crippen LogP contribution in [0.1, 0.15) is 40.2 Å². The summed E-state index contributed by atoms with van der Waals surface area (Å²) in [6, 6.07) is 26.6. The number of allylic oxidation sites excluding steroid dienone is 2. The van der Waals surface area contributed by atoms with Gasteiger partial charge >= 0.3 is 0 Å². The normalized spacial score (nSPS) is 12.2. The van der Waals surface area contributed by atoms with E-state index in [1.807, 2.05) is 89.4 Å². The number of thioether (sulfide) groups is 1. The molecule has 0 saturated carbocycles. The third kappa shape index (κ3) is 13.7. The van der Waals surface area contributed by atoms with Gasteiger partial charge in [-0.3, -0.25) is 0 Å². The standard InChI is InChI=1S/C14H20N2S.C13H13N.C4H8N2.C2H6/c1-3-8-12(11-16-4-2)14(15)17-13-9-6-5-7-10-13;1-10-9-12(7-8-13(10)14)11-5-3-2-4-6-11;1-4-2-5-3-6-4;1-2/h3,5-10,16H,4,11,15H2,1-2H3;2-9H,14H2,1H3;2,5-6H,3H2,1H3;1-2H3/b8-3-,14-12-;;;. The Morgan fingerprint density at radius 3 is 2.08 bits per heavy atom. The Hall–Kier alpha value is -3.61. The van der Waals surface area contributed by atoms with E-state index in [0.717, 1.165) is 41.6 Å². The summed E-state index contributed by atoms with van der Waals surface area (Å²) in [6.07, 6.45) is 6.04. The fourth-order valence-corrected chi connectivity index (χ4v) is 4.12. The number of hydrogen-bond acceptors (Lipinski definition) is 6. The molecule has 0 fully saturated rings. The SMILES string of the molecule is C/C=C\C(CNCC)=C(/N)Sc1ccccc1.CC.CC1=CNCN1.Cc1cc(-c2ccccc2)ccc1N. The highest BCUT2D eigenvalue weighted by atomic mass is 32.2. The van der Waals surface area contributed by atoms with Gasteiger partial charge in [0.1, 0.15) is 0 Å². The van der Waals surface area contributed by atoms with Gasteiger partial charge in [0, 0.05) is 29.0 Å². The van der Waals surface area contributed by atoms with Crippen molar-refractivity contribution in [2.75, 3.05) is 25.5 Å². The maximum Gasteiger partial charge on any atom is 0.0843 e. The zero-order valence-corrected chi connectivity index (χ0v) is 25.2. The molecule has 1 aliphatic heterocycles. The molecule has 0 amide bonds. The van der Waals surface area contributed by atoms with E-state index < -0.39 is 0 Å². The second-order valence-electron chi connectivity index (χ2n) is 8.41. The van der Waals surface area contributed by atoms with Crippen molar-refractivity contribution in [1.82, 2.24) is 16.0 Å². The van der Waals surface area contributed by atoms with Crippen molar-refractivity contribution < 1.29 is 0 Å². The molecule has 0 radical (unpaired) electrons. The predicted octanol–water partition coefficient (Wildman–Crippen LogP) is 7.40. The third-order valence-electron chi connectivity index (χ3n) is 5.39. The van der Waals surface area contributed by atoms with E-state index in [-0.39, 0.29) is 0 Å². The Morgan fingerprint density at radius 2 is 1.59 bits per heavy atom. The van der Waals surface area contributed by atoms with Gasteiger partial charge in [0.25, 0.3) is 0 Å². The molecule has 3 aromatic carbocycles. The predicted molar refractivity (Wildman–Crippen MR) is 174 cm³/mol. The van der Waals surface area contributed by atoms with Crippen LogP contribution < -0.4 is 27.4 Å². The van der Waals surface area contributed by atoms with Crippen LogP contribution >= 0.6 is 11.8 Å². The van der Waals surface area contributed by atoms with Crippen molar-refractivity contribution in [3.63, 3.8) is 0 Å². The van der Waals surface area contributed by atoms with Gasteiger partial charge < -0.3 is 27.4 Å². The molecule has 3 aromatic rings. The first-order valence-electron chi connectivity index (χ1n) is 13.5. The van der Waals surface area contributed by atoms with E-state index in [4.69, 9.17) is 11.5 Å². The monoisotopic (exact) mass is 545 g/mol. The van der Waals surface area contributed by atoms with Crippen LogP contribution in [0.15, 0.2) is 118 Å². The van der Waals surface area contributed by atoms with Gasteiger partial charge in [-0.25, -0.2) is 0 Å². The maximum atomic E-state index is 6.13. The Bertz CT molecular complexity index is 1160. The van der Waals surface area contributed by atoms with Crippen molar-refractivity contribution in [3.05, 3.63) is 119 Å². The Labute approximate surface area is 240 Å². The molecule has 0 spiro atoms. The summed E-state index contributed by atoms with van der Waals surface area (Å²) in [7, 11) is 0. The highest BCUT2D eigenvalue weighted by Gasteiger charge is 2.02. The molecule has 1 heterocycles. The molecule has 7 N–H and O–H groups in total. The molecule has 0 bridgehead atoms. The first kappa shape index (κ1) is 33.4. The average molecular weight is 546 g/mol. The summed E-state index contributed by atoms with van der Waals surface area (Å²) in [5.74, 6) is 0.